The minimum absolute atomic E-state index is 0.00323. The molecular formula is C32H36F4N4O5S3. The lowest BCUT2D eigenvalue weighted by molar-refractivity contribution is -0.169. The number of ether oxygens (including phenoxy) is 2. The molecule has 0 saturated heterocycles. The number of methoxy groups -OCH3 is 1. The molecule has 0 saturated carbocycles. The SMILES string of the molecule is C=CC(=O)N1CCc2nc(/C(N=C)=C(/C(=C)SS(=O)(C/C(=C/CC)CC)=NC(=O)C(F)(F)F)c3ccc(F)cc3OCCOC)sc2C1. The van der Waals surface area contributed by atoms with Gasteiger partial charge in [0.15, 0.2) is 0 Å². The van der Waals surface area contributed by atoms with Crippen LogP contribution in [0.25, 0.3) is 11.3 Å². The number of fused-ring (bicyclic) bond motifs is 1. The number of carbonyl (C=O) groups excluding carboxylic acids is 2. The third-order valence-corrected chi connectivity index (χ3v) is 11.8. The molecule has 1 atom stereocenters. The average molecular weight is 729 g/mol. The zero-order chi connectivity index (χ0) is 35.6. The van der Waals surface area contributed by atoms with Gasteiger partial charge in [0.2, 0.25) is 5.91 Å². The number of rotatable bonds is 15. The summed E-state index contributed by atoms with van der Waals surface area (Å²) in [4.78, 5) is 35.6. The van der Waals surface area contributed by atoms with Crippen LogP contribution in [0.1, 0.15) is 47.8 Å². The number of halogens is 4. The molecule has 16 heteroatoms. The molecule has 1 unspecified atom stereocenters. The van der Waals surface area contributed by atoms with Crippen LogP contribution in [0.3, 0.4) is 0 Å². The number of hydrogen-bond acceptors (Lipinski definition) is 9. The summed E-state index contributed by atoms with van der Waals surface area (Å²) in [6, 6.07) is 3.59. The first-order valence-electron chi connectivity index (χ1n) is 14.7. The number of nitrogens with zero attached hydrogens (tertiary/aromatic N) is 4. The van der Waals surface area contributed by atoms with E-state index >= 15 is 0 Å². The summed E-state index contributed by atoms with van der Waals surface area (Å²) >= 11 is 1.20. The molecular weight excluding hydrogens is 693 g/mol. The topological polar surface area (TPSA) is 111 Å². The van der Waals surface area contributed by atoms with Gasteiger partial charge in [-0.1, -0.05) is 38.7 Å². The van der Waals surface area contributed by atoms with E-state index in [1.165, 1.54) is 30.6 Å². The molecule has 0 N–H and O–H groups in total. The van der Waals surface area contributed by atoms with Gasteiger partial charge in [0.25, 0.3) is 0 Å². The molecule has 2 aromatic rings. The normalized spacial score (nSPS) is 15.1. The molecule has 0 bridgehead atoms. The van der Waals surface area contributed by atoms with E-state index in [-0.39, 0.29) is 53.2 Å². The highest BCUT2D eigenvalue weighted by Gasteiger charge is 2.40. The summed E-state index contributed by atoms with van der Waals surface area (Å²) in [7, 11) is -2.21. The van der Waals surface area contributed by atoms with Crippen molar-refractivity contribution < 1.29 is 40.8 Å². The zero-order valence-corrected chi connectivity index (χ0v) is 29.2. The second-order valence-corrected chi connectivity index (χ2v) is 15.7. The summed E-state index contributed by atoms with van der Waals surface area (Å²) in [6.45, 7) is 15.6. The Labute approximate surface area is 285 Å². The van der Waals surface area contributed by atoms with Crippen molar-refractivity contribution in [1.82, 2.24) is 9.88 Å². The van der Waals surface area contributed by atoms with Crippen molar-refractivity contribution in [3.63, 3.8) is 0 Å². The fraction of sp³-hybridized carbons (Fsp3) is 0.375. The molecule has 2 heterocycles. The maximum atomic E-state index is 14.5. The highest BCUT2D eigenvalue weighted by atomic mass is 33.1. The van der Waals surface area contributed by atoms with E-state index in [1.807, 2.05) is 6.92 Å². The quantitative estimate of drug-likeness (QED) is 0.0357. The van der Waals surface area contributed by atoms with Crippen molar-refractivity contribution >= 4 is 60.7 Å². The molecule has 1 aromatic carbocycles. The smallest absolute Gasteiger partial charge is 0.474 e. The fourth-order valence-corrected chi connectivity index (χ4v) is 9.81. The molecule has 48 heavy (non-hydrogen) atoms. The first-order chi connectivity index (χ1) is 22.7. The predicted molar refractivity (Wildman–Crippen MR) is 183 cm³/mol. The van der Waals surface area contributed by atoms with Gasteiger partial charge in [-0.15, -0.1) is 15.7 Å². The Morgan fingerprint density at radius 1 is 1.25 bits per heavy atom. The second-order valence-electron chi connectivity index (χ2n) is 10.2. The van der Waals surface area contributed by atoms with Crippen LogP contribution in [0, 0.1) is 5.82 Å². The van der Waals surface area contributed by atoms with Crippen molar-refractivity contribution in [2.45, 2.75) is 45.8 Å². The number of benzene rings is 1. The summed E-state index contributed by atoms with van der Waals surface area (Å²) in [5, 5.41) is 0.307. The Morgan fingerprint density at radius 2 is 1.98 bits per heavy atom. The Hall–Kier alpha value is -3.60. The number of alkyl halides is 3. The van der Waals surface area contributed by atoms with E-state index in [2.05, 4.69) is 29.2 Å². The van der Waals surface area contributed by atoms with Gasteiger partial charge >= 0.3 is 12.1 Å². The van der Waals surface area contributed by atoms with E-state index in [1.54, 1.807) is 17.9 Å². The van der Waals surface area contributed by atoms with E-state index in [0.717, 1.165) is 17.0 Å². The number of thiazole rings is 1. The van der Waals surface area contributed by atoms with Crippen LogP contribution in [-0.4, -0.2) is 71.4 Å². The fourth-order valence-electron chi connectivity index (χ4n) is 4.62. The Balaban J connectivity index is 2.30. The monoisotopic (exact) mass is 728 g/mol. The van der Waals surface area contributed by atoms with E-state index in [0.29, 0.717) is 52.9 Å². The summed E-state index contributed by atoms with van der Waals surface area (Å²) in [5.74, 6) is -3.85. The Kier molecular flexibility index (Phi) is 13.9. The molecule has 1 aliphatic heterocycles. The van der Waals surface area contributed by atoms with E-state index < -0.39 is 32.4 Å². The van der Waals surface area contributed by atoms with Gasteiger partial charge in [0.1, 0.15) is 37.6 Å². The number of carbonyl (C=O) groups is 2. The third-order valence-electron chi connectivity index (χ3n) is 6.86. The third kappa shape index (κ3) is 9.96. The van der Waals surface area contributed by atoms with Crippen molar-refractivity contribution in [2.24, 2.45) is 9.36 Å². The van der Waals surface area contributed by atoms with Crippen molar-refractivity contribution in [3.05, 3.63) is 80.9 Å². The number of hydrogen-bond donors (Lipinski definition) is 0. The first kappa shape index (κ1) is 38.8. The van der Waals surface area contributed by atoms with Gasteiger partial charge in [-0.25, -0.2) is 13.6 Å². The average Bonchev–Trinajstić information content (AvgIpc) is 3.46. The number of allylic oxidation sites excluding steroid dienone is 2. The molecule has 0 spiro atoms. The van der Waals surface area contributed by atoms with Gasteiger partial charge in [-0.3, -0.25) is 14.6 Å². The van der Waals surface area contributed by atoms with Crippen LogP contribution in [0.2, 0.25) is 0 Å². The molecule has 0 fully saturated rings. The summed E-state index contributed by atoms with van der Waals surface area (Å²) < 4.78 is 83.1. The van der Waals surface area contributed by atoms with Gasteiger partial charge in [-0.05, 0) is 48.6 Å². The van der Waals surface area contributed by atoms with Crippen LogP contribution in [0.15, 0.2) is 63.3 Å². The largest absolute Gasteiger partial charge is 0.490 e. The number of amides is 2. The van der Waals surface area contributed by atoms with Gasteiger partial charge in [-0.2, -0.15) is 13.2 Å². The Bertz CT molecular complexity index is 1760. The molecule has 1 aliphatic rings. The summed E-state index contributed by atoms with van der Waals surface area (Å²) in [5.41, 5.74) is 1.58. The Morgan fingerprint density at radius 3 is 2.58 bits per heavy atom. The van der Waals surface area contributed by atoms with Gasteiger partial charge < -0.3 is 14.4 Å². The van der Waals surface area contributed by atoms with Crippen molar-refractivity contribution in [3.8, 4) is 5.75 Å². The minimum atomic E-state index is -5.36. The molecule has 9 nitrogen and oxygen atoms in total. The van der Waals surface area contributed by atoms with Crippen molar-refractivity contribution in [2.75, 3.05) is 32.6 Å². The lowest BCUT2D eigenvalue weighted by Gasteiger charge is -2.24. The van der Waals surface area contributed by atoms with Crippen LogP contribution in [0.5, 0.6) is 5.75 Å². The molecule has 1 aromatic heterocycles. The standard InChI is InChI=1S/C32H36F4N4O5S3/c1-7-10-21(8-2)19-48(43,39-31(42)32(34,35)36)47-20(4)28(23-12-11-22(33)17-25(23)45-16-15-44-6)29(37-5)30-38-24-13-14-40(27(41)9-3)18-26(24)46-30/h9-12,17H,3-5,7-8,13-16,18-19H2,1-2,6H3/b21-10+,29-28+. The number of aromatic nitrogens is 1. The molecule has 3 rings (SSSR count). The molecule has 0 aliphatic carbocycles. The molecule has 2 amide bonds. The van der Waals surface area contributed by atoms with Crippen LogP contribution < -0.4 is 4.74 Å². The number of aliphatic imine (C=N–C) groups is 1. The second kappa shape index (κ2) is 17.2. The summed E-state index contributed by atoms with van der Waals surface area (Å²) in [6.07, 6.45) is -1.14. The minimum Gasteiger partial charge on any atom is -0.490 e. The van der Waals surface area contributed by atoms with E-state index in [9.17, 15) is 31.4 Å². The van der Waals surface area contributed by atoms with Crippen LogP contribution >= 0.6 is 22.1 Å². The molecule has 0 radical (unpaired) electrons. The van der Waals surface area contributed by atoms with Gasteiger partial charge in [0.05, 0.1) is 24.6 Å². The maximum Gasteiger partial charge on any atom is 0.474 e. The lowest BCUT2D eigenvalue weighted by Crippen LogP contribution is -2.34. The lowest BCUT2D eigenvalue weighted by atomic mass is 10.0. The van der Waals surface area contributed by atoms with Crippen LogP contribution in [0.4, 0.5) is 17.6 Å². The van der Waals surface area contributed by atoms with E-state index in [4.69, 9.17) is 14.5 Å². The predicted octanol–water partition coefficient (Wildman–Crippen LogP) is 7.41. The first-order valence-corrected chi connectivity index (χ1v) is 18.5. The zero-order valence-electron chi connectivity index (χ0n) is 26.7. The maximum absolute atomic E-state index is 14.5. The molecule has 260 valence electrons. The highest BCUT2D eigenvalue weighted by molar-refractivity contribution is 8.74. The van der Waals surface area contributed by atoms with Crippen molar-refractivity contribution in [1.29, 1.82) is 0 Å². The highest BCUT2D eigenvalue weighted by Crippen LogP contribution is 2.45. The van der Waals surface area contributed by atoms with Crippen LogP contribution in [-0.2, 0) is 36.1 Å². The van der Waals surface area contributed by atoms with Gasteiger partial charge in [0, 0.05) is 47.1 Å².